The number of aryl methyl sites for hydroxylation is 2. The molecule has 0 heterocycles. The van der Waals surface area contributed by atoms with Crippen LogP contribution in [-0.4, -0.2) is 4.86 Å². The van der Waals surface area contributed by atoms with E-state index in [-0.39, 0.29) is 0 Å². The summed E-state index contributed by atoms with van der Waals surface area (Å²) in [5.74, 6) is 0. The molecule has 0 aromatic heterocycles. The zero-order valence-corrected chi connectivity index (χ0v) is 14.9. The van der Waals surface area contributed by atoms with E-state index in [2.05, 4.69) is 31.1 Å². The van der Waals surface area contributed by atoms with E-state index in [0.717, 1.165) is 12.8 Å². The molecule has 3 heteroatoms. The van der Waals surface area contributed by atoms with E-state index in [0.29, 0.717) is 16.2 Å². The predicted octanol–water partition coefficient (Wildman–Crippen LogP) is 6.69. The van der Waals surface area contributed by atoms with Crippen LogP contribution in [0.4, 0.5) is 11.4 Å². The smallest absolute Gasteiger partial charge is 0.244 e. The molecule has 0 saturated carbocycles. The van der Waals surface area contributed by atoms with Crippen LogP contribution in [0.5, 0.6) is 0 Å². The largest absolute Gasteiger partial charge is 0.594 e. The van der Waals surface area contributed by atoms with Crippen molar-refractivity contribution in [1.29, 1.82) is 0 Å². The Bertz CT molecular complexity index is 630. The van der Waals surface area contributed by atoms with Gasteiger partial charge in [0.25, 0.3) is 0 Å². The molecule has 0 saturated heterocycles. The van der Waals surface area contributed by atoms with Gasteiger partial charge in [0.2, 0.25) is 5.69 Å². The first-order valence-electron chi connectivity index (χ1n) is 9.09. The van der Waals surface area contributed by atoms with Crippen LogP contribution in [0.3, 0.4) is 0 Å². The predicted molar refractivity (Wildman–Crippen MR) is 100 cm³/mol. The summed E-state index contributed by atoms with van der Waals surface area (Å²) in [6.45, 7) is 4.39. The standard InChI is InChI=1S/C21H28N2O/c1-3-5-7-9-19-12-16-21(17-13-19)23(24)22-20-14-10-18(11-15-20)8-6-4-2/h10-17H,3-9H2,1-2H3. The summed E-state index contributed by atoms with van der Waals surface area (Å²) in [4.78, 5) is 0.705. The molecule has 0 aliphatic heterocycles. The quantitative estimate of drug-likeness (QED) is 0.219. The average molecular weight is 324 g/mol. The minimum Gasteiger partial charge on any atom is -0.594 e. The summed E-state index contributed by atoms with van der Waals surface area (Å²) in [6.07, 6.45) is 8.21. The molecule has 3 nitrogen and oxygen atoms in total. The molecule has 128 valence electrons. The van der Waals surface area contributed by atoms with Crippen LogP contribution < -0.4 is 0 Å². The number of hydrogen-bond acceptors (Lipinski definition) is 2. The first-order chi connectivity index (χ1) is 11.7. The van der Waals surface area contributed by atoms with Crippen molar-refractivity contribution in [3.05, 3.63) is 64.9 Å². The number of nitrogens with zero attached hydrogens (tertiary/aromatic N) is 2. The van der Waals surface area contributed by atoms with Gasteiger partial charge in [-0.3, -0.25) is 0 Å². The van der Waals surface area contributed by atoms with Gasteiger partial charge in [0.15, 0.2) is 0 Å². The minimum absolute atomic E-state index is 0.573. The molecular weight excluding hydrogens is 296 g/mol. The van der Waals surface area contributed by atoms with Crippen LogP contribution in [-0.2, 0) is 12.8 Å². The Kier molecular flexibility index (Phi) is 7.47. The van der Waals surface area contributed by atoms with E-state index in [4.69, 9.17) is 0 Å². The van der Waals surface area contributed by atoms with Crippen molar-refractivity contribution in [2.45, 2.75) is 58.8 Å². The topological polar surface area (TPSA) is 38.4 Å². The Balaban J connectivity index is 1.99. The Morgan fingerprint density at radius 3 is 1.88 bits per heavy atom. The monoisotopic (exact) mass is 324 g/mol. The fourth-order valence-corrected chi connectivity index (χ4v) is 2.64. The van der Waals surface area contributed by atoms with E-state index >= 15 is 0 Å². The molecule has 0 N–H and O–H groups in total. The Morgan fingerprint density at radius 1 is 0.750 bits per heavy atom. The van der Waals surface area contributed by atoms with Crippen molar-refractivity contribution < 1.29 is 4.86 Å². The Hall–Kier alpha value is -2.16. The fourth-order valence-electron chi connectivity index (χ4n) is 2.64. The van der Waals surface area contributed by atoms with E-state index in [9.17, 15) is 5.21 Å². The summed E-state index contributed by atoms with van der Waals surface area (Å²) >= 11 is 0. The average Bonchev–Trinajstić information content (AvgIpc) is 2.62. The van der Waals surface area contributed by atoms with E-state index in [1.54, 1.807) is 0 Å². The highest BCUT2D eigenvalue weighted by atomic mass is 16.5. The molecule has 0 fully saturated rings. The van der Waals surface area contributed by atoms with Gasteiger partial charge in [-0.2, -0.15) is 0 Å². The maximum absolute atomic E-state index is 12.2. The molecular formula is C21H28N2O. The fraction of sp³-hybridized carbons (Fsp3) is 0.429. The first kappa shape index (κ1) is 18.2. The molecule has 24 heavy (non-hydrogen) atoms. The number of rotatable bonds is 9. The summed E-state index contributed by atoms with van der Waals surface area (Å²) in [5.41, 5.74) is 3.84. The van der Waals surface area contributed by atoms with Crippen LogP contribution in [0, 0.1) is 5.21 Å². The highest BCUT2D eigenvalue weighted by molar-refractivity contribution is 5.38. The maximum atomic E-state index is 12.2. The zero-order chi connectivity index (χ0) is 17.2. The molecule has 0 atom stereocenters. The van der Waals surface area contributed by atoms with Crippen molar-refractivity contribution in [1.82, 2.24) is 0 Å². The van der Waals surface area contributed by atoms with Gasteiger partial charge < -0.3 is 5.21 Å². The second-order valence-electron chi connectivity index (χ2n) is 6.27. The highest BCUT2D eigenvalue weighted by Gasteiger charge is 2.04. The van der Waals surface area contributed by atoms with Gasteiger partial charge >= 0.3 is 0 Å². The normalized spacial score (nSPS) is 11.7. The molecule has 0 spiro atoms. The molecule has 0 aliphatic carbocycles. The van der Waals surface area contributed by atoms with E-state index in [1.807, 2.05) is 36.4 Å². The minimum atomic E-state index is 0.573. The number of benzene rings is 2. The lowest BCUT2D eigenvalue weighted by atomic mass is 10.1. The Labute approximate surface area is 145 Å². The van der Waals surface area contributed by atoms with E-state index < -0.39 is 0 Å². The first-order valence-corrected chi connectivity index (χ1v) is 9.09. The molecule has 2 aromatic rings. The lowest BCUT2D eigenvalue weighted by molar-refractivity contribution is -0.435. The van der Waals surface area contributed by atoms with E-state index in [1.165, 1.54) is 43.2 Å². The van der Waals surface area contributed by atoms with Crippen molar-refractivity contribution >= 4 is 11.4 Å². The van der Waals surface area contributed by atoms with Crippen molar-refractivity contribution in [2.75, 3.05) is 0 Å². The SMILES string of the molecule is CCCCCc1ccc([N+]([O-])=Nc2ccc(CCCC)cc2)cc1. The van der Waals surface area contributed by atoms with Gasteiger partial charge in [0, 0.05) is 17.2 Å². The van der Waals surface area contributed by atoms with Crippen molar-refractivity contribution in [3.63, 3.8) is 0 Å². The third-order valence-electron chi connectivity index (χ3n) is 4.19. The summed E-state index contributed by atoms with van der Waals surface area (Å²) in [5, 5.41) is 16.3. The summed E-state index contributed by atoms with van der Waals surface area (Å²) in [7, 11) is 0. The zero-order valence-electron chi connectivity index (χ0n) is 14.9. The van der Waals surface area contributed by atoms with Crippen LogP contribution in [0.25, 0.3) is 0 Å². The third kappa shape index (κ3) is 5.80. The van der Waals surface area contributed by atoms with Crippen LogP contribution >= 0.6 is 0 Å². The van der Waals surface area contributed by atoms with Crippen molar-refractivity contribution in [3.8, 4) is 0 Å². The lowest BCUT2D eigenvalue weighted by Gasteiger charge is -2.03. The molecule has 2 rings (SSSR count). The van der Waals surface area contributed by atoms with Gasteiger partial charge in [-0.05, 0) is 48.9 Å². The molecule has 0 aliphatic rings. The third-order valence-corrected chi connectivity index (χ3v) is 4.19. The lowest BCUT2D eigenvalue weighted by Crippen LogP contribution is -1.92. The molecule has 0 bridgehead atoms. The number of unbranched alkanes of at least 4 members (excludes halogenated alkanes) is 3. The van der Waals surface area contributed by atoms with Gasteiger partial charge in [0.05, 0.1) is 0 Å². The molecule has 0 amide bonds. The maximum Gasteiger partial charge on any atom is 0.244 e. The van der Waals surface area contributed by atoms with Crippen LogP contribution in [0.15, 0.2) is 53.6 Å². The second-order valence-corrected chi connectivity index (χ2v) is 6.27. The van der Waals surface area contributed by atoms with Gasteiger partial charge in [-0.1, -0.05) is 62.2 Å². The van der Waals surface area contributed by atoms with Crippen LogP contribution in [0.1, 0.15) is 57.1 Å². The van der Waals surface area contributed by atoms with Crippen LogP contribution in [0.2, 0.25) is 0 Å². The van der Waals surface area contributed by atoms with Crippen molar-refractivity contribution in [2.24, 2.45) is 5.11 Å². The van der Waals surface area contributed by atoms with Gasteiger partial charge in [-0.15, -0.1) is 0 Å². The second kappa shape index (κ2) is 9.86. The summed E-state index contributed by atoms with van der Waals surface area (Å²) in [6, 6.07) is 15.7. The Morgan fingerprint density at radius 2 is 1.29 bits per heavy atom. The molecule has 0 unspecified atom stereocenters. The number of hydrogen-bond donors (Lipinski definition) is 0. The highest BCUT2D eigenvalue weighted by Crippen LogP contribution is 2.20. The van der Waals surface area contributed by atoms with Gasteiger partial charge in [0.1, 0.15) is 5.69 Å². The summed E-state index contributed by atoms with van der Waals surface area (Å²) < 4.78 is 0. The molecule has 2 aromatic carbocycles. The molecule has 0 radical (unpaired) electrons. The number of azo groups is 1. The van der Waals surface area contributed by atoms with Gasteiger partial charge in [-0.25, -0.2) is 0 Å².